The third-order valence-corrected chi connectivity index (χ3v) is 6.47. The van der Waals surface area contributed by atoms with Gasteiger partial charge in [-0.2, -0.15) is 0 Å². The highest BCUT2D eigenvalue weighted by atomic mass is 16.5. The van der Waals surface area contributed by atoms with Crippen LogP contribution in [-0.4, -0.2) is 35.0 Å². The van der Waals surface area contributed by atoms with Gasteiger partial charge in [0.05, 0.1) is 25.1 Å². The number of carboxylic acid groups (broad SMARTS) is 1. The van der Waals surface area contributed by atoms with Crippen LogP contribution in [0, 0.1) is 0 Å². The highest BCUT2D eigenvalue weighted by Gasteiger charge is 2.47. The molecule has 2 N–H and O–H groups in total. The number of methoxy groups -OCH3 is 1. The molecule has 7 heteroatoms. The molecule has 0 bridgehead atoms. The molecule has 0 saturated carbocycles. The molecule has 3 aromatic rings. The maximum Gasteiger partial charge on any atom is 0.307 e. The Hall–Kier alpha value is -4.39. The number of aliphatic hydroxyl groups is 1. The topological polar surface area (TPSA) is 104 Å². The molecule has 4 rings (SSSR count). The van der Waals surface area contributed by atoms with Crippen molar-refractivity contribution in [3.05, 3.63) is 101 Å². The van der Waals surface area contributed by atoms with Crippen LogP contribution in [0.5, 0.6) is 5.75 Å². The fraction of sp³-hybridized carbons (Fsp3) is 0.233. The summed E-state index contributed by atoms with van der Waals surface area (Å²) in [5.74, 6) is -2.23. The number of carbonyl (C=O) groups excluding carboxylic acids is 2. The highest BCUT2D eigenvalue weighted by molar-refractivity contribution is 6.51. The Labute approximate surface area is 215 Å². The number of anilines is 1. The lowest BCUT2D eigenvalue weighted by Crippen LogP contribution is -2.29. The van der Waals surface area contributed by atoms with Crippen molar-refractivity contribution in [2.45, 2.75) is 38.6 Å². The molecule has 0 aromatic heterocycles. The van der Waals surface area contributed by atoms with E-state index in [0.717, 1.165) is 5.56 Å². The van der Waals surface area contributed by atoms with Crippen molar-refractivity contribution in [2.75, 3.05) is 12.0 Å². The van der Waals surface area contributed by atoms with Crippen LogP contribution in [0.2, 0.25) is 0 Å². The molecule has 7 nitrogen and oxygen atoms in total. The van der Waals surface area contributed by atoms with Crippen LogP contribution in [-0.2, 0) is 26.2 Å². The third-order valence-electron chi connectivity index (χ3n) is 6.47. The SMILES string of the molecule is COc1ccc(/C(O)=C2/C(=O)C(=O)N(c3ccc(CC(=O)O)cc3)C2c2ccc(C(C)(C)C)cc2)cc1. The molecular weight excluding hydrogens is 470 g/mol. The second kappa shape index (κ2) is 9.93. The maximum atomic E-state index is 13.3. The maximum absolute atomic E-state index is 13.3. The van der Waals surface area contributed by atoms with Crippen LogP contribution < -0.4 is 9.64 Å². The summed E-state index contributed by atoms with van der Waals surface area (Å²) in [7, 11) is 1.53. The summed E-state index contributed by atoms with van der Waals surface area (Å²) in [6.45, 7) is 6.28. The Morgan fingerprint density at radius 1 is 0.892 bits per heavy atom. The van der Waals surface area contributed by atoms with E-state index in [1.807, 2.05) is 24.3 Å². The average molecular weight is 500 g/mol. The molecule has 0 aliphatic carbocycles. The van der Waals surface area contributed by atoms with Gasteiger partial charge < -0.3 is 14.9 Å². The summed E-state index contributed by atoms with van der Waals surface area (Å²) in [6.07, 6.45) is -0.158. The van der Waals surface area contributed by atoms with E-state index in [0.29, 0.717) is 28.1 Å². The number of amides is 1. The van der Waals surface area contributed by atoms with Gasteiger partial charge in [0.15, 0.2) is 0 Å². The first-order valence-electron chi connectivity index (χ1n) is 11.9. The zero-order valence-corrected chi connectivity index (χ0v) is 21.2. The Morgan fingerprint density at radius 3 is 2.00 bits per heavy atom. The number of nitrogens with zero attached hydrogens (tertiary/aromatic N) is 1. The normalized spacial score (nSPS) is 17.2. The molecule has 1 fully saturated rings. The van der Waals surface area contributed by atoms with Gasteiger partial charge in [-0.15, -0.1) is 0 Å². The predicted molar refractivity (Wildman–Crippen MR) is 141 cm³/mol. The summed E-state index contributed by atoms with van der Waals surface area (Å²) in [5, 5.41) is 20.4. The van der Waals surface area contributed by atoms with E-state index < -0.39 is 23.7 Å². The molecule has 1 aliphatic rings. The number of benzene rings is 3. The molecule has 1 atom stereocenters. The first-order valence-corrected chi connectivity index (χ1v) is 11.9. The molecule has 1 amide bonds. The third kappa shape index (κ3) is 5.11. The molecule has 0 radical (unpaired) electrons. The van der Waals surface area contributed by atoms with Crippen molar-refractivity contribution < 1.29 is 29.3 Å². The summed E-state index contributed by atoms with van der Waals surface area (Å²) >= 11 is 0. The standard InChI is InChI=1S/C30H29NO6/c1-30(2,3)21-11-7-19(8-12-21)26-25(27(34)20-9-15-23(37-4)16-10-20)28(35)29(36)31(26)22-13-5-18(6-14-22)17-24(32)33/h5-16,26,34H,17H2,1-4H3,(H,32,33)/b27-25-. The van der Waals surface area contributed by atoms with Crippen molar-refractivity contribution in [2.24, 2.45) is 0 Å². The zero-order valence-electron chi connectivity index (χ0n) is 21.2. The largest absolute Gasteiger partial charge is 0.507 e. The first-order chi connectivity index (χ1) is 17.5. The van der Waals surface area contributed by atoms with E-state index in [4.69, 9.17) is 9.84 Å². The molecule has 1 heterocycles. The van der Waals surface area contributed by atoms with Gasteiger partial charge in [-0.25, -0.2) is 0 Å². The minimum absolute atomic E-state index is 0.0201. The second-order valence-corrected chi connectivity index (χ2v) is 10.0. The van der Waals surface area contributed by atoms with E-state index in [-0.39, 0.29) is 23.2 Å². The molecule has 1 saturated heterocycles. The number of Topliss-reactive ketones (excluding diaryl/α,β-unsaturated/α-hetero) is 1. The molecular formula is C30H29NO6. The molecule has 1 unspecified atom stereocenters. The summed E-state index contributed by atoms with van der Waals surface area (Å²) in [6, 6.07) is 19.8. The van der Waals surface area contributed by atoms with E-state index in [1.165, 1.54) is 12.0 Å². The van der Waals surface area contributed by atoms with E-state index in [1.54, 1.807) is 48.5 Å². The van der Waals surface area contributed by atoms with E-state index in [2.05, 4.69) is 20.8 Å². The molecule has 0 spiro atoms. The minimum atomic E-state index is -0.966. The van der Waals surface area contributed by atoms with Crippen LogP contribution in [0.15, 0.2) is 78.4 Å². The predicted octanol–water partition coefficient (Wildman–Crippen LogP) is 5.25. The fourth-order valence-corrected chi connectivity index (χ4v) is 4.43. The number of carboxylic acids is 1. The quantitative estimate of drug-likeness (QED) is 0.273. The van der Waals surface area contributed by atoms with Crippen LogP contribution in [0.3, 0.4) is 0 Å². The van der Waals surface area contributed by atoms with Crippen molar-refractivity contribution in [3.8, 4) is 5.75 Å². The van der Waals surface area contributed by atoms with Crippen molar-refractivity contribution in [1.29, 1.82) is 0 Å². The monoisotopic (exact) mass is 499 g/mol. The Morgan fingerprint density at radius 2 is 1.49 bits per heavy atom. The number of hydrogen-bond donors (Lipinski definition) is 2. The lowest BCUT2D eigenvalue weighted by atomic mass is 9.85. The van der Waals surface area contributed by atoms with Crippen molar-refractivity contribution >= 4 is 29.1 Å². The Kier molecular flexibility index (Phi) is 6.90. The first kappa shape index (κ1) is 25.7. The number of carbonyl (C=O) groups is 3. The summed E-state index contributed by atoms with van der Waals surface area (Å²) in [5.41, 5.74) is 3.01. The van der Waals surface area contributed by atoms with Crippen molar-refractivity contribution in [3.63, 3.8) is 0 Å². The molecule has 37 heavy (non-hydrogen) atoms. The Balaban J connectivity index is 1.86. The number of aliphatic carboxylic acids is 1. The van der Waals surface area contributed by atoms with E-state index in [9.17, 15) is 19.5 Å². The number of hydrogen-bond acceptors (Lipinski definition) is 5. The van der Waals surface area contributed by atoms with Gasteiger partial charge in [0.2, 0.25) is 0 Å². The van der Waals surface area contributed by atoms with Crippen LogP contribution in [0.25, 0.3) is 5.76 Å². The van der Waals surface area contributed by atoms with E-state index >= 15 is 0 Å². The smallest absolute Gasteiger partial charge is 0.307 e. The van der Waals surface area contributed by atoms with Crippen molar-refractivity contribution in [1.82, 2.24) is 0 Å². The van der Waals surface area contributed by atoms with Gasteiger partial charge in [0.1, 0.15) is 11.5 Å². The fourth-order valence-electron chi connectivity index (χ4n) is 4.43. The van der Waals surface area contributed by atoms with Gasteiger partial charge in [-0.05, 0) is 58.5 Å². The Bertz CT molecular complexity index is 1360. The highest BCUT2D eigenvalue weighted by Crippen LogP contribution is 2.42. The van der Waals surface area contributed by atoms with Gasteiger partial charge in [-0.3, -0.25) is 19.3 Å². The molecule has 1 aliphatic heterocycles. The minimum Gasteiger partial charge on any atom is -0.507 e. The van der Waals surface area contributed by atoms with Gasteiger partial charge in [0, 0.05) is 11.3 Å². The lowest BCUT2D eigenvalue weighted by molar-refractivity contribution is -0.136. The molecule has 190 valence electrons. The van der Waals surface area contributed by atoms with Crippen LogP contribution in [0.1, 0.15) is 49.1 Å². The second-order valence-electron chi connectivity index (χ2n) is 10.0. The van der Waals surface area contributed by atoms with Gasteiger partial charge in [0.25, 0.3) is 11.7 Å². The lowest BCUT2D eigenvalue weighted by Gasteiger charge is -2.26. The van der Waals surface area contributed by atoms with Crippen LogP contribution >= 0.6 is 0 Å². The number of rotatable bonds is 6. The zero-order chi connectivity index (χ0) is 26.9. The van der Waals surface area contributed by atoms with Crippen LogP contribution in [0.4, 0.5) is 5.69 Å². The summed E-state index contributed by atoms with van der Waals surface area (Å²) in [4.78, 5) is 39.1. The number of ether oxygens (including phenoxy) is 1. The number of aliphatic hydroxyl groups excluding tert-OH is 1. The van der Waals surface area contributed by atoms with Gasteiger partial charge >= 0.3 is 5.97 Å². The summed E-state index contributed by atoms with van der Waals surface area (Å²) < 4.78 is 5.19. The average Bonchev–Trinajstić information content (AvgIpc) is 3.13. The van der Waals surface area contributed by atoms with Gasteiger partial charge in [-0.1, -0.05) is 57.2 Å². The molecule has 3 aromatic carbocycles. The number of ketones is 1.